The molecular weight excluding hydrogens is 452 g/mol. The highest BCUT2D eigenvalue weighted by Crippen LogP contribution is 2.22. The summed E-state index contributed by atoms with van der Waals surface area (Å²) in [5.74, 6) is 0.259. The van der Waals surface area contributed by atoms with E-state index in [1.54, 1.807) is 13.1 Å². The van der Waals surface area contributed by atoms with Gasteiger partial charge >= 0.3 is 0 Å². The quantitative estimate of drug-likeness (QED) is 0.380. The van der Waals surface area contributed by atoms with Crippen LogP contribution < -0.4 is 15.4 Å². The molecule has 3 aromatic rings. The molecule has 3 rings (SSSR count). The minimum Gasteiger partial charge on any atom is -0.483 e. The second kappa shape index (κ2) is 12.9. The summed E-state index contributed by atoms with van der Waals surface area (Å²) in [6.07, 6.45) is 0.570. The van der Waals surface area contributed by atoms with E-state index in [-0.39, 0.29) is 18.4 Å². The normalized spacial score (nSPS) is 12.5. The summed E-state index contributed by atoms with van der Waals surface area (Å²) in [6, 6.07) is 20.7. The standard InChI is InChI=1S/C30H36N2O4/c1-20-10-9-15-25(30(35)31-4)24(20)16-17-27(33)26(18-23-13-6-5-7-14-23)32-28(34)19-36-29-21(2)11-8-12-22(29)3/h5-15,26-27,33H,16-19H2,1-4H3,(H,31,35)(H,32,34). The lowest BCUT2D eigenvalue weighted by Crippen LogP contribution is -2.46. The first-order valence-electron chi connectivity index (χ1n) is 12.3. The predicted octanol–water partition coefficient (Wildman–Crippen LogP) is 4.07. The summed E-state index contributed by atoms with van der Waals surface area (Å²) in [6.45, 7) is 5.71. The number of aliphatic hydroxyl groups excluding tert-OH is 1. The Bertz CT molecular complexity index is 1160. The van der Waals surface area contributed by atoms with Crippen molar-refractivity contribution in [1.29, 1.82) is 0 Å². The number of nitrogens with one attached hydrogen (secondary N) is 2. The van der Waals surface area contributed by atoms with Crippen LogP contribution in [-0.2, 0) is 17.6 Å². The fourth-order valence-corrected chi connectivity index (χ4v) is 4.44. The summed E-state index contributed by atoms with van der Waals surface area (Å²) >= 11 is 0. The van der Waals surface area contributed by atoms with Crippen molar-refractivity contribution in [3.05, 3.63) is 100 Å². The minimum absolute atomic E-state index is 0.137. The van der Waals surface area contributed by atoms with Crippen molar-refractivity contribution in [2.24, 2.45) is 0 Å². The predicted molar refractivity (Wildman–Crippen MR) is 142 cm³/mol. The molecule has 6 heteroatoms. The largest absolute Gasteiger partial charge is 0.483 e. The number of aryl methyl sites for hydroxylation is 3. The van der Waals surface area contributed by atoms with Crippen molar-refractivity contribution >= 4 is 11.8 Å². The zero-order valence-electron chi connectivity index (χ0n) is 21.5. The Hall–Kier alpha value is -3.64. The van der Waals surface area contributed by atoms with E-state index >= 15 is 0 Å². The third kappa shape index (κ3) is 7.18. The van der Waals surface area contributed by atoms with E-state index in [0.29, 0.717) is 30.6 Å². The van der Waals surface area contributed by atoms with Gasteiger partial charge in [0.1, 0.15) is 5.75 Å². The van der Waals surface area contributed by atoms with E-state index in [1.165, 1.54) is 0 Å². The molecule has 0 saturated carbocycles. The topological polar surface area (TPSA) is 87.7 Å². The maximum Gasteiger partial charge on any atom is 0.258 e. The number of benzene rings is 3. The molecule has 3 aromatic carbocycles. The number of carbonyl (C=O) groups excluding carboxylic acids is 2. The molecule has 190 valence electrons. The smallest absolute Gasteiger partial charge is 0.258 e. The SMILES string of the molecule is CNC(=O)c1cccc(C)c1CCC(O)C(Cc1ccccc1)NC(=O)COc1c(C)cccc1C. The first-order valence-corrected chi connectivity index (χ1v) is 12.3. The molecule has 3 N–H and O–H groups in total. The Labute approximate surface area is 213 Å². The second-order valence-electron chi connectivity index (χ2n) is 9.16. The molecule has 2 amide bonds. The van der Waals surface area contributed by atoms with E-state index in [2.05, 4.69) is 10.6 Å². The number of hydrogen-bond acceptors (Lipinski definition) is 4. The number of amides is 2. The second-order valence-corrected chi connectivity index (χ2v) is 9.16. The lowest BCUT2D eigenvalue weighted by molar-refractivity contribution is -0.124. The fourth-order valence-electron chi connectivity index (χ4n) is 4.44. The molecule has 0 radical (unpaired) electrons. The zero-order valence-corrected chi connectivity index (χ0v) is 21.5. The number of aliphatic hydroxyl groups is 1. The van der Waals surface area contributed by atoms with Crippen LogP contribution in [0.4, 0.5) is 0 Å². The Kier molecular flexibility index (Phi) is 9.65. The molecule has 0 heterocycles. The van der Waals surface area contributed by atoms with Crippen molar-refractivity contribution in [3.8, 4) is 5.75 Å². The summed E-state index contributed by atoms with van der Waals surface area (Å²) in [5, 5.41) is 16.8. The molecule has 0 bridgehead atoms. The van der Waals surface area contributed by atoms with Gasteiger partial charge in [-0.3, -0.25) is 9.59 Å². The third-order valence-electron chi connectivity index (χ3n) is 6.44. The van der Waals surface area contributed by atoms with Crippen LogP contribution in [0.1, 0.15) is 44.6 Å². The van der Waals surface area contributed by atoms with E-state index < -0.39 is 12.1 Å². The maximum absolute atomic E-state index is 12.9. The van der Waals surface area contributed by atoms with Gasteiger partial charge in [-0.25, -0.2) is 0 Å². The number of carbonyl (C=O) groups is 2. The summed E-state index contributed by atoms with van der Waals surface area (Å²) in [5.41, 5.74) is 5.45. The van der Waals surface area contributed by atoms with Gasteiger partial charge in [0.05, 0.1) is 12.1 Å². The number of hydrogen-bond donors (Lipinski definition) is 3. The van der Waals surface area contributed by atoms with E-state index in [9.17, 15) is 14.7 Å². The van der Waals surface area contributed by atoms with Gasteiger partial charge in [-0.1, -0.05) is 60.7 Å². The number of para-hydroxylation sites is 1. The average Bonchev–Trinajstić information content (AvgIpc) is 2.87. The van der Waals surface area contributed by atoms with Gasteiger partial charge in [-0.15, -0.1) is 0 Å². The van der Waals surface area contributed by atoms with Crippen LogP contribution in [0, 0.1) is 20.8 Å². The van der Waals surface area contributed by atoms with Crippen LogP contribution in [0.3, 0.4) is 0 Å². The minimum atomic E-state index is -0.813. The molecule has 0 fully saturated rings. The monoisotopic (exact) mass is 488 g/mol. The Balaban J connectivity index is 1.71. The fraction of sp³-hybridized carbons (Fsp3) is 0.333. The van der Waals surface area contributed by atoms with Crippen LogP contribution in [0.2, 0.25) is 0 Å². The van der Waals surface area contributed by atoms with E-state index in [1.807, 2.05) is 81.4 Å². The zero-order chi connectivity index (χ0) is 26.1. The molecule has 2 unspecified atom stereocenters. The van der Waals surface area contributed by atoms with Crippen LogP contribution in [-0.4, -0.2) is 42.7 Å². The molecule has 0 aliphatic rings. The highest BCUT2D eigenvalue weighted by molar-refractivity contribution is 5.95. The number of ether oxygens (including phenoxy) is 1. The van der Waals surface area contributed by atoms with Crippen molar-refractivity contribution in [2.75, 3.05) is 13.7 Å². The van der Waals surface area contributed by atoms with Crippen LogP contribution in [0.5, 0.6) is 5.75 Å². The average molecular weight is 489 g/mol. The molecule has 0 aromatic heterocycles. The van der Waals surface area contributed by atoms with Gasteiger partial charge in [0.15, 0.2) is 6.61 Å². The Morgan fingerprint density at radius 2 is 1.53 bits per heavy atom. The molecule has 0 aliphatic carbocycles. The molecular formula is C30H36N2O4. The molecule has 0 saturated heterocycles. The molecule has 6 nitrogen and oxygen atoms in total. The van der Waals surface area contributed by atoms with Crippen LogP contribution in [0.15, 0.2) is 66.7 Å². The molecule has 36 heavy (non-hydrogen) atoms. The van der Waals surface area contributed by atoms with Gasteiger partial charge in [-0.2, -0.15) is 0 Å². The first-order chi connectivity index (χ1) is 17.3. The molecule has 2 atom stereocenters. The first kappa shape index (κ1) is 27.0. The third-order valence-corrected chi connectivity index (χ3v) is 6.44. The van der Waals surface area contributed by atoms with E-state index in [0.717, 1.165) is 27.8 Å². The van der Waals surface area contributed by atoms with Crippen LogP contribution in [0.25, 0.3) is 0 Å². The molecule has 0 spiro atoms. The van der Waals surface area contributed by atoms with Gasteiger partial charge in [0.25, 0.3) is 11.8 Å². The Morgan fingerprint density at radius 3 is 2.19 bits per heavy atom. The lowest BCUT2D eigenvalue weighted by atomic mass is 9.92. The molecule has 0 aliphatic heterocycles. The van der Waals surface area contributed by atoms with Crippen molar-refractivity contribution in [3.63, 3.8) is 0 Å². The van der Waals surface area contributed by atoms with Gasteiger partial charge in [0, 0.05) is 12.6 Å². The van der Waals surface area contributed by atoms with Crippen molar-refractivity contribution in [2.45, 2.75) is 52.2 Å². The highest BCUT2D eigenvalue weighted by atomic mass is 16.5. The van der Waals surface area contributed by atoms with Gasteiger partial charge in [0.2, 0.25) is 0 Å². The highest BCUT2D eigenvalue weighted by Gasteiger charge is 2.23. The van der Waals surface area contributed by atoms with E-state index in [4.69, 9.17) is 4.74 Å². The summed E-state index contributed by atoms with van der Waals surface area (Å²) in [4.78, 5) is 25.2. The number of rotatable bonds is 11. The lowest BCUT2D eigenvalue weighted by Gasteiger charge is -2.25. The van der Waals surface area contributed by atoms with Gasteiger partial charge in [-0.05, 0) is 73.9 Å². The maximum atomic E-state index is 12.9. The Morgan fingerprint density at radius 1 is 0.889 bits per heavy atom. The summed E-state index contributed by atoms with van der Waals surface area (Å²) < 4.78 is 5.82. The van der Waals surface area contributed by atoms with Crippen LogP contribution >= 0.6 is 0 Å². The van der Waals surface area contributed by atoms with Gasteiger partial charge < -0.3 is 20.5 Å². The van der Waals surface area contributed by atoms with Crippen molar-refractivity contribution in [1.82, 2.24) is 10.6 Å². The van der Waals surface area contributed by atoms with Crippen molar-refractivity contribution < 1.29 is 19.4 Å². The summed E-state index contributed by atoms with van der Waals surface area (Å²) in [7, 11) is 1.61.